The summed E-state index contributed by atoms with van der Waals surface area (Å²) in [5.41, 5.74) is 7.48. The molecule has 2 aromatic carbocycles. The summed E-state index contributed by atoms with van der Waals surface area (Å²) in [5, 5.41) is 8.85. The van der Waals surface area contributed by atoms with Gasteiger partial charge in [0.2, 0.25) is 0 Å². The Hall–Kier alpha value is -1.57. The van der Waals surface area contributed by atoms with Crippen molar-refractivity contribution in [1.29, 1.82) is 0 Å². The maximum absolute atomic E-state index is 12.3. The van der Waals surface area contributed by atoms with Crippen LogP contribution >= 0.6 is 15.9 Å². The van der Waals surface area contributed by atoms with Crippen LogP contribution in [-0.2, 0) is 16.4 Å². The second-order valence-electron chi connectivity index (χ2n) is 4.47. The summed E-state index contributed by atoms with van der Waals surface area (Å²) in [6.07, 6.45) is 0.538. The van der Waals surface area contributed by atoms with Crippen LogP contribution in [0.1, 0.15) is 5.56 Å². The molecule has 0 spiro atoms. The zero-order chi connectivity index (χ0) is 15.5. The molecule has 0 aliphatic carbocycles. The van der Waals surface area contributed by atoms with E-state index in [-0.39, 0.29) is 11.5 Å². The van der Waals surface area contributed by atoms with E-state index in [1.807, 2.05) is 0 Å². The van der Waals surface area contributed by atoms with Crippen LogP contribution in [0, 0.1) is 0 Å². The summed E-state index contributed by atoms with van der Waals surface area (Å²) in [7, 11) is -3.69. The summed E-state index contributed by atoms with van der Waals surface area (Å²) < 4.78 is 27.6. The van der Waals surface area contributed by atoms with Crippen LogP contribution in [0.25, 0.3) is 0 Å². The molecule has 0 saturated carbocycles. The van der Waals surface area contributed by atoms with Crippen molar-refractivity contribution in [2.45, 2.75) is 11.3 Å². The van der Waals surface area contributed by atoms with Gasteiger partial charge in [0.1, 0.15) is 4.90 Å². The SMILES string of the molecule is Nc1ccc(S(=O)(=O)Nc2ccc(CCO)cc2)c(Br)c1. The third-order valence-electron chi connectivity index (χ3n) is 2.85. The second kappa shape index (κ2) is 6.46. The number of nitrogens with one attached hydrogen (secondary N) is 1. The molecule has 0 amide bonds. The third kappa shape index (κ3) is 3.96. The van der Waals surface area contributed by atoms with E-state index < -0.39 is 10.0 Å². The van der Waals surface area contributed by atoms with Gasteiger partial charge in [0.15, 0.2) is 0 Å². The lowest BCUT2D eigenvalue weighted by Crippen LogP contribution is -2.13. The highest BCUT2D eigenvalue weighted by molar-refractivity contribution is 9.10. The predicted octanol–water partition coefficient (Wildman–Crippen LogP) is 2.37. The molecular weight excluding hydrogens is 356 g/mol. The first-order chi connectivity index (χ1) is 9.92. The van der Waals surface area contributed by atoms with Crippen LogP contribution in [0.4, 0.5) is 11.4 Å². The Balaban J connectivity index is 2.24. The Kier molecular flexibility index (Phi) is 4.87. The van der Waals surface area contributed by atoms with Crippen molar-refractivity contribution < 1.29 is 13.5 Å². The van der Waals surface area contributed by atoms with Gasteiger partial charge in [-0.15, -0.1) is 0 Å². The number of anilines is 2. The molecule has 0 aromatic heterocycles. The molecule has 0 radical (unpaired) electrons. The lowest BCUT2D eigenvalue weighted by atomic mass is 10.1. The van der Waals surface area contributed by atoms with Crippen molar-refractivity contribution in [3.05, 3.63) is 52.5 Å². The first-order valence-electron chi connectivity index (χ1n) is 6.20. The molecule has 0 fully saturated rings. The topological polar surface area (TPSA) is 92.4 Å². The normalized spacial score (nSPS) is 11.3. The van der Waals surface area contributed by atoms with Crippen molar-refractivity contribution >= 4 is 37.3 Å². The zero-order valence-corrected chi connectivity index (χ0v) is 13.5. The standard InChI is InChI=1S/C14H15BrN2O3S/c15-13-9-11(16)3-6-14(13)21(19,20)17-12-4-1-10(2-5-12)7-8-18/h1-6,9,17-18H,7-8,16H2. The van der Waals surface area contributed by atoms with Gasteiger partial charge in [-0.05, 0) is 58.2 Å². The van der Waals surface area contributed by atoms with Gasteiger partial charge in [-0.3, -0.25) is 4.72 Å². The number of sulfonamides is 1. The minimum absolute atomic E-state index is 0.0590. The number of nitrogen functional groups attached to an aromatic ring is 1. The van der Waals surface area contributed by atoms with Gasteiger partial charge in [-0.25, -0.2) is 8.42 Å². The lowest BCUT2D eigenvalue weighted by Gasteiger charge is -2.10. The first kappa shape index (κ1) is 15.8. The van der Waals surface area contributed by atoms with Crippen LogP contribution in [0.3, 0.4) is 0 Å². The Bertz CT molecular complexity index is 730. The quantitative estimate of drug-likeness (QED) is 0.704. The first-order valence-corrected chi connectivity index (χ1v) is 8.47. The number of nitrogens with two attached hydrogens (primary N) is 1. The van der Waals surface area contributed by atoms with Crippen LogP contribution < -0.4 is 10.5 Å². The van der Waals surface area contributed by atoms with Gasteiger partial charge in [-0.1, -0.05) is 12.1 Å². The Morgan fingerprint density at radius 2 is 1.81 bits per heavy atom. The van der Waals surface area contributed by atoms with Crippen molar-refractivity contribution in [2.24, 2.45) is 0 Å². The Morgan fingerprint density at radius 1 is 1.14 bits per heavy atom. The van der Waals surface area contributed by atoms with Crippen molar-refractivity contribution in [1.82, 2.24) is 0 Å². The average molecular weight is 371 g/mol. The summed E-state index contributed by atoms with van der Waals surface area (Å²) in [4.78, 5) is 0.121. The molecule has 112 valence electrons. The molecule has 0 atom stereocenters. The molecule has 0 aliphatic heterocycles. The molecule has 0 saturated heterocycles. The summed E-state index contributed by atoms with van der Waals surface area (Å²) in [6.45, 7) is 0.0590. The second-order valence-corrected chi connectivity index (χ2v) is 6.97. The fraction of sp³-hybridized carbons (Fsp3) is 0.143. The number of halogens is 1. The monoisotopic (exact) mass is 370 g/mol. The van der Waals surface area contributed by atoms with Crippen LogP contribution in [0.2, 0.25) is 0 Å². The average Bonchev–Trinajstić information content (AvgIpc) is 2.40. The highest BCUT2D eigenvalue weighted by atomic mass is 79.9. The van der Waals surface area contributed by atoms with Crippen LogP contribution in [0.15, 0.2) is 51.8 Å². The number of rotatable bonds is 5. The van der Waals surface area contributed by atoms with Gasteiger partial charge >= 0.3 is 0 Å². The minimum Gasteiger partial charge on any atom is -0.399 e. The van der Waals surface area contributed by atoms with Gasteiger partial charge in [0.05, 0.1) is 0 Å². The molecule has 2 aromatic rings. The highest BCUT2D eigenvalue weighted by Gasteiger charge is 2.17. The largest absolute Gasteiger partial charge is 0.399 e. The molecule has 0 aliphatic rings. The maximum Gasteiger partial charge on any atom is 0.263 e. The molecule has 0 bridgehead atoms. The van der Waals surface area contributed by atoms with Crippen LogP contribution in [-0.4, -0.2) is 20.1 Å². The molecule has 0 unspecified atom stereocenters. The summed E-state index contributed by atoms with van der Waals surface area (Å²) in [6, 6.07) is 11.4. The maximum atomic E-state index is 12.3. The van der Waals surface area contributed by atoms with E-state index in [1.165, 1.54) is 12.1 Å². The fourth-order valence-electron chi connectivity index (χ4n) is 1.81. The van der Waals surface area contributed by atoms with E-state index in [1.54, 1.807) is 30.3 Å². The van der Waals surface area contributed by atoms with E-state index in [9.17, 15) is 8.42 Å². The smallest absolute Gasteiger partial charge is 0.263 e. The van der Waals surface area contributed by atoms with Gasteiger partial charge < -0.3 is 10.8 Å². The highest BCUT2D eigenvalue weighted by Crippen LogP contribution is 2.26. The molecule has 21 heavy (non-hydrogen) atoms. The predicted molar refractivity (Wildman–Crippen MR) is 86.6 cm³/mol. The van der Waals surface area contributed by atoms with Crippen molar-refractivity contribution in [3.8, 4) is 0 Å². The molecule has 2 rings (SSSR count). The molecular formula is C14H15BrN2O3S. The minimum atomic E-state index is -3.69. The Labute approximate surface area is 132 Å². The van der Waals surface area contributed by atoms with Crippen molar-refractivity contribution in [3.63, 3.8) is 0 Å². The molecule has 0 heterocycles. The fourth-order valence-corrected chi connectivity index (χ4v) is 3.97. The summed E-state index contributed by atoms with van der Waals surface area (Å²) in [5.74, 6) is 0. The third-order valence-corrected chi connectivity index (χ3v) is 5.21. The number of aliphatic hydroxyl groups is 1. The van der Waals surface area contributed by atoms with E-state index in [2.05, 4.69) is 20.7 Å². The van der Waals surface area contributed by atoms with E-state index in [4.69, 9.17) is 10.8 Å². The number of hydrogen-bond donors (Lipinski definition) is 3. The molecule has 7 heteroatoms. The van der Waals surface area contributed by atoms with Gasteiger partial charge in [0.25, 0.3) is 10.0 Å². The number of hydrogen-bond acceptors (Lipinski definition) is 4. The number of benzene rings is 2. The van der Waals surface area contributed by atoms with Gasteiger partial charge in [-0.2, -0.15) is 0 Å². The van der Waals surface area contributed by atoms with Crippen molar-refractivity contribution in [2.75, 3.05) is 17.1 Å². The molecule has 4 N–H and O–H groups in total. The molecule has 5 nitrogen and oxygen atoms in total. The zero-order valence-electron chi connectivity index (χ0n) is 11.1. The number of aliphatic hydroxyl groups excluding tert-OH is 1. The summed E-state index contributed by atoms with van der Waals surface area (Å²) >= 11 is 3.20. The lowest BCUT2D eigenvalue weighted by molar-refractivity contribution is 0.299. The van der Waals surface area contributed by atoms with E-state index in [0.29, 0.717) is 22.3 Å². The van der Waals surface area contributed by atoms with Gasteiger partial charge in [0, 0.05) is 22.5 Å². The van der Waals surface area contributed by atoms with E-state index >= 15 is 0 Å². The Morgan fingerprint density at radius 3 is 2.38 bits per heavy atom. The van der Waals surface area contributed by atoms with E-state index in [0.717, 1.165) is 5.56 Å². The van der Waals surface area contributed by atoms with Crippen LogP contribution in [0.5, 0.6) is 0 Å².